The van der Waals surface area contributed by atoms with E-state index in [9.17, 15) is 9.59 Å². The molecule has 0 saturated heterocycles. The topological polar surface area (TPSA) is 61.4 Å². The molecule has 3 amide bonds. The zero-order valence-corrected chi connectivity index (χ0v) is 11.2. The fourth-order valence-corrected chi connectivity index (χ4v) is 1.42. The second-order valence-corrected chi connectivity index (χ2v) is 3.86. The molecule has 0 aromatic heterocycles. The molecule has 0 fully saturated rings. The van der Waals surface area contributed by atoms with Crippen molar-refractivity contribution >= 4 is 11.9 Å². The minimum atomic E-state index is -0.0715. The summed E-state index contributed by atoms with van der Waals surface area (Å²) >= 11 is 0. The van der Waals surface area contributed by atoms with E-state index in [2.05, 4.69) is 17.6 Å². The summed E-state index contributed by atoms with van der Waals surface area (Å²) in [7, 11) is 0. The minimum absolute atomic E-state index is 0.0592. The molecule has 0 atom stereocenters. The van der Waals surface area contributed by atoms with Crippen molar-refractivity contribution in [3.63, 3.8) is 0 Å². The van der Waals surface area contributed by atoms with Gasteiger partial charge < -0.3 is 15.5 Å². The summed E-state index contributed by atoms with van der Waals surface area (Å²) in [6, 6.07) is -0.0715. The number of carbonyl (C=O) groups is 2. The lowest BCUT2D eigenvalue weighted by Crippen LogP contribution is -2.42. The van der Waals surface area contributed by atoms with Crippen molar-refractivity contribution in [3.05, 3.63) is 0 Å². The van der Waals surface area contributed by atoms with Gasteiger partial charge in [0.25, 0.3) is 0 Å². The quantitative estimate of drug-likeness (QED) is 0.632. The molecule has 5 nitrogen and oxygen atoms in total. The molecule has 0 saturated carbocycles. The molecule has 17 heavy (non-hydrogen) atoms. The molecule has 0 aromatic rings. The number of unbranched alkanes of at least 4 members (excludes halogenated alkanes) is 1. The number of nitrogens with zero attached hydrogens (tertiary/aromatic N) is 1. The maximum Gasteiger partial charge on any atom is 0.317 e. The molecule has 0 rings (SSSR count). The molecule has 0 aromatic carbocycles. The Balaban J connectivity index is 3.57. The monoisotopic (exact) mass is 243 g/mol. The number of hydrogen-bond acceptors (Lipinski definition) is 2. The predicted octanol–water partition coefficient (Wildman–Crippen LogP) is 1.34. The van der Waals surface area contributed by atoms with Crippen molar-refractivity contribution in [2.24, 2.45) is 0 Å². The van der Waals surface area contributed by atoms with E-state index in [-0.39, 0.29) is 11.9 Å². The number of carbonyl (C=O) groups excluding carboxylic acids is 2. The largest absolute Gasteiger partial charge is 0.354 e. The van der Waals surface area contributed by atoms with Crippen molar-refractivity contribution in [2.45, 2.75) is 40.0 Å². The van der Waals surface area contributed by atoms with E-state index in [1.54, 1.807) is 4.90 Å². The van der Waals surface area contributed by atoms with E-state index >= 15 is 0 Å². The van der Waals surface area contributed by atoms with Gasteiger partial charge in [0, 0.05) is 32.6 Å². The molecule has 0 radical (unpaired) electrons. The Bertz CT molecular complexity index is 228. The first-order valence-corrected chi connectivity index (χ1v) is 6.45. The van der Waals surface area contributed by atoms with E-state index < -0.39 is 0 Å². The normalized spacial score (nSPS) is 9.82. The summed E-state index contributed by atoms with van der Waals surface area (Å²) in [4.78, 5) is 24.5. The highest BCUT2D eigenvalue weighted by molar-refractivity contribution is 5.76. The first kappa shape index (κ1) is 15.7. The van der Waals surface area contributed by atoms with Crippen LogP contribution in [0, 0.1) is 0 Å². The Morgan fingerprint density at radius 3 is 2.12 bits per heavy atom. The van der Waals surface area contributed by atoms with Crippen LogP contribution in [0.2, 0.25) is 0 Å². The van der Waals surface area contributed by atoms with Gasteiger partial charge in [-0.2, -0.15) is 0 Å². The van der Waals surface area contributed by atoms with Crippen molar-refractivity contribution in [1.29, 1.82) is 0 Å². The highest BCUT2D eigenvalue weighted by Gasteiger charge is 2.07. The van der Waals surface area contributed by atoms with Crippen LogP contribution in [0.1, 0.15) is 40.0 Å². The molecular formula is C12H25N3O2. The Kier molecular flexibility index (Phi) is 9.19. The lowest BCUT2D eigenvalue weighted by atomic mass is 10.2. The average molecular weight is 243 g/mol. The van der Waals surface area contributed by atoms with Gasteiger partial charge in [0.05, 0.1) is 0 Å². The summed E-state index contributed by atoms with van der Waals surface area (Å²) < 4.78 is 0. The molecule has 0 aliphatic heterocycles. The van der Waals surface area contributed by atoms with E-state index in [4.69, 9.17) is 0 Å². The summed E-state index contributed by atoms with van der Waals surface area (Å²) in [6.07, 6.45) is 2.50. The summed E-state index contributed by atoms with van der Waals surface area (Å²) in [5.41, 5.74) is 0. The minimum Gasteiger partial charge on any atom is -0.354 e. The second-order valence-electron chi connectivity index (χ2n) is 3.86. The van der Waals surface area contributed by atoms with Crippen LogP contribution in [0.5, 0.6) is 0 Å². The standard InChI is InChI=1S/C12H25N3O2/c1-4-7-8-11(16)13-9-10-14-12(17)15(5-2)6-3/h4-10H2,1-3H3,(H,13,16)(H,14,17). The van der Waals surface area contributed by atoms with Gasteiger partial charge in [0.2, 0.25) is 5.91 Å². The molecule has 0 aliphatic carbocycles. The van der Waals surface area contributed by atoms with Crippen LogP contribution in [-0.4, -0.2) is 43.0 Å². The Morgan fingerprint density at radius 1 is 1.00 bits per heavy atom. The zero-order chi connectivity index (χ0) is 13.1. The molecular weight excluding hydrogens is 218 g/mol. The van der Waals surface area contributed by atoms with Crippen LogP contribution >= 0.6 is 0 Å². The van der Waals surface area contributed by atoms with Crippen LogP contribution in [0.25, 0.3) is 0 Å². The number of nitrogens with one attached hydrogen (secondary N) is 2. The molecule has 2 N–H and O–H groups in total. The molecule has 0 aliphatic rings. The Morgan fingerprint density at radius 2 is 1.59 bits per heavy atom. The van der Waals surface area contributed by atoms with E-state index in [0.717, 1.165) is 12.8 Å². The van der Waals surface area contributed by atoms with Gasteiger partial charge in [-0.1, -0.05) is 13.3 Å². The molecule has 5 heteroatoms. The van der Waals surface area contributed by atoms with Crippen molar-refractivity contribution in [2.75, 3.05) is 26.2 Å². The van der Waals surface area contributed by atoms with Gasteiger partial charge in [-0.15, -0.1) is 0 Å². The number of amides is 3. The van der Waals surface area contributed by atoms with Gasteiger partial charge in [0.15, 0.2) is 0 Å². The van der Waals surface area contributed by atoms with Crippen LogP contribution in [-0.2, 0) is 4.79 Å². The second kappa shape index (κ2) is 9.93. The average Bonchev–Trinajstić information content (AvgIpc) is 2.33. The van der Waals surface area contributed by atoms with Crippen LogP contribution in [0.3, 0.4) is 0 Å². The SMILES string of the molecule is CCCCC(=O)NCCNC(=O)N(CC)CC. The van der Waals surface area contributed by atoms with Gasteiger partial charge >= 0.3 is 6.03 Å². The lowest BCUT2D eigenvalue weighted by Gasteiger charge is -2.19. The Hall–Kier alpha value is -1.26. The molecule has 0 heterocycles. The van der Waals surface area contributed by atoms with Crippen LogP contribution in [0.4, 0.5) is 4.79 Å². The predicted molar refractivity (Wildman–Crippen MR) is 68.9 cm³/mol. The summed E-state index contributed by atoms with van der Waals surface area (Å²) in [5, 5.41) is 5.54. The molecule has 0 spiro atoms. The molecule has 100 valence electrons. The van der Waals surface area contributed by atoms with E-state index in [1.165, 1.54) is 0 Å². The molecule has 0 bridgehead atoms. The zero-order valence-electron chi connectivity index (χ0n) is 11.2. The van der Waals surface area contributed by atoms with Gasteiger partial charge in [0.1, 0.15) is 0 Å². The van der Waals surface area contributed by atoms with E-state index in [1.807, 2.05) is 13.8 Å². The smallest absolute Gasteiger partial charge is 0.317 e. The van der Waals surface area contributed by atoms with Gasteiger partial charge in [-0.25, -0.2) is 4.79 Å². The van der Waals surface area contributed by atoms with Crippen molar-refractivity contribution in [1.82, 2.24) is 15.5 Å². The van der Waals surface area contributed by atoms with Crippen LogP contribution in [0.15, 0.2) is 0 Å². The Labute approximate surface area is 104 Å². The third kappa shape index (κ3) is 7.60. The van der Waals surface area contributed by atoms with E-state index in [0.29, 0.717) is 32.6 Å². The number of hydrogen-bond donors (Lipinski definition) is 2. The highest BCUT2D eigenvalue weighted by atomic mass is 16.2. The maximum atomic E-state index is 11.5. The third-order valence-corrected chi connectivity index (χ3v) is 2.53. The fraction of sp³-hybridized carbons (Fsp3) is 0.833. The fourth-order valence-electron chi connectivity index (χ4n) is 1.42. The highest BCUT2D eigenvalue weighted by Crippen LogP contribution is 1.92. The number of rotatable bonds is 8. The number of urea groups is 1. The first-order valence-electron chi connectivity index (χ1n) is 6.45. The van der Waals surface area contributed by atoms with Gasteiger partial charge in [-0.05, 0) is 20.3 Å². The molecule has 0 unspecified atom stereocenters. The lowest BCUT2D eigenvalue weighted by molar-refractivity contribution is -0.121. The van der Waals surface area contributed by atoms with Gasteiger partial charge in [-0.3, -0.25) is 4.79 Å². The summed E-state index contributed by atoms with van der Waals surface area (Å²) in [6.45, 7) is 8.31. The van der Waals surface area contributed by atoms with Crippen molar-refractivity contribution in [3.8, 4) is 0 Å². The van der Waals surface area contributed by atoms with Crippen LogP contribution < -0.4 is 10.6 Å². The third-order valence-electron chi connectivity index (χ3n) is 2.53. The maximum absolute atomic E-state index is 11.5. The van der Waals surface area contributed by atoms with Crippen molar-refractivity contribution < 1.29 is 9.59 Å². The summed E-state index contributed by atoms with van der Waals surface area (Å²) in [5.74, 6) is 0.0592. The first-order chi connectivity index (χ1) is 8.15.